The lowest BCUT2D eigenvalue weighted by molar-refractivity contribution is -0.143. The first-order chi connectivity index (χ1) is 12.1. The van der Waals surface area contributed by atoms with E-state index in [-0.39, 0.29) is 42.6 Å². The van der Waals surface area contributed by atoms with Gasteiger partial charge in [-0.2, -0.15) is 0 Å². The van der Waals surface area contributed by atoms with Gasteiger partial charge in [0.05, 0.1) is 18.4 Å². The van der Waals surface area contributed by atoms with Crippen LogP contribution in [0.5, 0.6) is 5.88 Å². The zero-order valence-electron chi connectivity index (χ0n) is 14.4. The minimum Gasteiger partial charge on any atom is -0.478 e. The maximum atomic E-state index is 12.4. The van der Waals surface area contributed by atoms with E-state index in [1.165, 1.54) is 0 Å². The smallest absolute Gasteiger partial charge is 0.240 e. The summed E-state index contributed by atoms with van der Waals surface area (Å²) in [5.41, 5.74) is 0.755. The molecule has 3 amide bonds. The first-order valence-corrected chi connectivity index (χ1v) is 8.80. The van der Waals surface area contributed by atoms with Gasteiger partial charge in [0.2, 0.25) is 23.6 Å². The summed E-state index contributed by atoms with van der Waals surface area (Å²) in [6.45, 7) is 2.37. The number of carbonyl (C=O) groups excluding carboxylic acids is 3. The number of aromatic nitrogens is 1. The fourth-order valence-electron chi connectivity index (χ4n) is 3.61. The molecule has 7 nitrogen and oxygen atoms in total. The molecule has 2 fully saturated rings. The molecule has 134 valence electrons. The maximum Gasteiger partial charge on any atom is 0.240 e. The topological polar surface area (TPSA) is 88.6 Å². The molecule has 1 saturated carbocycles. The van der Waals surface area contributed by atoms with Crippen LogP contribution in [0.3, 0.4) is 0 Å². The molecule has 0 unspecified atom stereocenters. The standard InChI is InChI=1S/C18H23N3O4/c1-2-25-16-12(6-5-9-19-16)10-20-15(22)11-21-17(23)13-7-3-4-8-14(13)18(21)24/h5-6,9,13-14H,2-4,7-8,10-11H2,1H3,(H,20,22)/t13-,14-/m1/s1. The van der Waals surface area contributed by atoms with E-state index in [1.54, 1.807) is 12.3 Å². The van der Waals surface area contributed by atoms with Crippen LogP contribution in [0.2, 0.25) is 0 Å². The predicted octanol–water partition coefficient (Wildman–Crippen LogP) is 1.27. The first-order valence-electron chi connectivity index (χ1n) is 8.80. The molecular formula is C18H23N3O4. The van der Waals surface area contributed by atoms with Crippen LogP contribution < -0.4 is 10.1 Å². The van der Waals surface area contributed by atoms with Gasteiger partial charge in [-0.1, -0.05) is 18.9 Å². The zero-order chi connectivity index (χ0) is 17.8. The number of nitrogens with zero attached hydrogens (tertiary/aromatic N) is 2. The van der Waals surface area contributed by atoms with Gasteiger partial charge in [0, 0.05) is 18.3 Å². The normalized spacial score (nSPS) is 22.7. The molecule has 1 N–H and O–H groups in total. The second-order valence-corrected chi connectivity index (χ2v) is 6.44. The molecule has 3 rings (SSSR count). The van der Waals surface area contributed by atoms with E-state index in [1.807, 2.05) is 13.0 Å². The van der Waals surface area contributed by atoms with E-state index in [0.717, 1.165) is 36.1 Å². The number of ether oxygens (including phenoxy) is 1. The van der Waals surface area contributed by atoms with Crippen molar-refractivity contribution in [3.05, 3.63) is 23.9 Å². The minimum atomic E-state index is -0.355. The summed E-state index contributed by atoms with van der Waals surface area (Å²) < 4.78 is 5.42. The highest BCUT2D eigenvalue weighted by molar-refractivity contribution is 6.07. The predicted molar refractivity (Wildman–Crippen MR) is 89.4 cm³/mol. The van der Waals surface area contributed by atoms with E-state index in [0.29, 0.717) is 12.5 Å². The van der Waals surface area contributed by atoms with E-state index >= 15 is 0 Å². The van der Waals surface area contributed by atoms with Gasteiger partial charge >= 0.3 is 0 Å². The molecule has 0 bridgehead atoms. The number of likely N-dealkylation sites (tertiary alicyclic amines) is 1. The number of imide groups is 1. The van der Waals surface area contributed by atoms with E-state index in [9.17, 15) is 14.4 Å². The van der Waals surface area contributed by atoms with E-state index in [4.69, 9.17) is 4.74 Å². The highest BCUT2D eigenvalue weighted by Gasteiger charge is 2.48. The Bertz CT molecular complexity index is 652. The lowest BCUT2D eigenvalue weighted by atomic mass is 9.81. The number of fused-ring (bicyclic) bond motifs is 1. The molecule has 1 aromatic rings. The minimum absolute atomic E-state index is 0.193. The van der Waals surface area contributed by atoms with Gasteiger partial charge in [0.1, 0.15) is 6.54 Å². The van der Waals surface area contributed by atoms with Crippen LogP contribution in [-0.2, 0) is 20.9 Å². The number of hydrogen-bond donors (Lipinski definition) is 1. The van der Waals surface area contributed by atoms with Gasteiger partial charge in [0.15, 0.2) is 0 Å². The van der Waals surface area contributed by atoms with Crippen molar-refractivity contribution in [1.29, 1.82) is 0 Å². The molecular weight excluding hydrogens is 322 g/mol. The zero-order valence-corrected chi connectivity index (χ0v) is 14.4. The molecule has 1 aliphatic heterocycles. The van der Waals surface area contributed by atoms with E-state index in [2.05, 4.69) is 10.3 Å². The van der Waals surface area contributed by atoms with Gasteiger partial charge in [-0.3, -0.25) is 19.3 Å². The second kappa shape index (κ2) is 7.63. The van der Waals surface area contributed by atoms with Crippen molar-refractivity contribution in [1.82, 2.24) is 15.2 Å². The van der Waals surface area contributed by atoms with Crippen LogP contribution in [0.4, 0.5) is 0 Å². The maximum absolute atomic E-state index is 12.4. The van der Waals surface area contributed by atoms with Crippen LogP contribution in [0.25, 0.3) is 0 Å². The molecule has 25 heavy (non-hydrogen) atoms. The summed E-state index contributed by atoms with van der Waals surface area (Å²) in [6, 6.07) is 3.58. The number of amides is 3. The molecule has 1 aromatic heterocycles. The van der Waals surface area contributed by atoms with Crippen molar-refractivity contribution >= 4 is 17.7 Å². The number of rotatable bonds is 6. The Balaban J connectivity index is 1.58. The second-order valence-electron chi connectivity index (χ2n) is 6.44. The quantitative estimate of drug-likeness (QED) is 0.785. The summed E-state index contributed by atoms with van der Waals surface area (Å²) in [6.07, 6.45) is 5.07. The SMILES string of the molecule is CCOc1ncccc1CNC(=O)CN1C(=O)[C@@H]2CCCC[C@H]2C1=O. The molecule has 0 radical (unpaired) electrons. The van der Waals surface area contributed by atoms with Crippen LogP contribution >= 0.6 is 0 Å². The summed E-state index contributed by atoms with van der Waals surface area (Å²) >= 11 is 0. The largest absolute Gasteiger partial charge is 0.478 e. The lowest BCUT2D eigenvalue weighted by Gasteiger charge is -2.19. The Morgan fingerprint density at radius 3 is 2.60 bits per heavy atom. The average Bonchev–Trinajstić information content (AvgIpc) is 2.87. The molecule has 1 aliphatic carbocycles. The van der Waals surface area contributed by atoms with Gasteiger partial charge in [-0.15, -0.1) is 0 Å². The third-order valence-electron chi connectivity index (χ3n) is 4.84. The molecule has 0 spiro atoms. The average molecular weight is 345 g/mol. The highest BCUT2D eigenvalue weighted by atomic mass is 16.5. The van der Waals surface area contributed by atoms with Crippen molar-refractivity contribution in [2.75, 3.05) is 13.2 Å². The fourth-order valence-corrected chi connectivity index (χ4v) is 3.61. The number of carbonyl (C=O) groups is 3. The molecule has 2 aliphatic rings. The van der Waals surface area contributed by atoms with Crippen molar-refractivity contribution < 1.29 is 19.1 Å². The van der Waals surface area contributed by atoms with Gasteiger partial charge in [-0.05, 0) is 25.8 Å². The van der Waals surface area contributed by atoms with Gasteiger partial charge in [0.25, 0.3) is 0 Å². The van der Waals surface area contributed by atoms with Crippen LogP contribution in [0, 0.1) is 11.8 Å². The highest BCUT2D eigenvalue weighted by Crippen LogP contribution is 2.37. The number of pyridine rings is 1. The first kappa shape index (κ1) is 17.4. The Kier molecular flexibility index (Phi) is 5.31. The summed E-state index contributed by atoms with van der Waals surface area (Å²) in [5, 5.41) is 2.74. The summed E-state index contributed by atoms with van der Waals surface area (Å²) in [4.78, 5) is 42.3. The van der Waals surface area contributed by atoms with Crippen molar-refractivity contribution in [2.24, 2.45) is 11.8 Å². The molecule has 2 atom stereocenters. The van der Waals surface area contributed by atoms with Crippen LogP contribution in [0.15, 0.2) is 18.3 Å². The van der Waals surface area contributed by atoms with Gasteiger partial charge < -0.3 is 10.1 Å². The van der Waals surface area contributed by atoms with Crippen molar-refractivity contribution in [2.45, 2.75) is 39.2 Å². The molecule has 1 saturated heterocycles. The molecule has 0 aromatic carbocycles. The van der Waals surface area contributed by atoms with Crippen LogP contribution in [0.1, 0.15) is 38.2 Å². The lowest BCUT2D eigenvalue weighted by Crippen LogP contribution is -2.40. The Morgan fingerprint density at radius 2 is 1.96 bits per heavy atom. The third-order valence-corrected chi connectivity index (χ3v) is 4.84. The summed E-state index contributed by atoms with van der Waals surface area (Å²) in [7, 11) is 0. The summed E-state index contributed by atoms with van der Waals surface area (Å²) in [5.74, 6) is -0.715. The Labute approximate surface area is 146 Å². The number of hydrogen-bond acceptors (Lipinski definition) is 5. The van der Waals surface area contributed by atoms with E-state index < -0.39 is 0 Å². The molecule has 2 heterocycles. The monoisotopic (exact) mass is 345 g/mol. The van der Waals surface area contributed by atoms with Crippen molar-refractivity contribution in [3.8, 4) is 5.88 Å². The van der Waals surface area contributed by atoms with Gasteiger partial charge in [-0.25, -0.2) is 4.98 Å². The van der Waals surface area contributed by atoms with Crippen LogP contribution in [-0.4, -0.2) is 40.8 Å². The molecule has 7 heteroatoms. The Hall–Kier alpha value is -2.44. The third kappa shape index (κ3) is 3.65. The number of nitrogens with one attached hydrogen (secondary N) is 1. The fraction of sp³-hybridized carbons (Fsp3) is 0.556. The Morgan fingerprint density at radius 1 is 1.28 bits per heavy atom. The van der Waals surface area contributed by atoms with Crippen molar-refractivity contribution in [3.63, 3.8) is 0 Å².